The van der Waals surface area contributed by atoms with Gasteiger partial charge in [-0.1, -0.05) is 136 Å². The van der Waals surface area contributed by atoms with Crippen molar-refractivity contribution in [3.63, 3.8) is 0 Å². The maximum atomic E-state index is 12.0. The lowest BCUT2D eigenvalue weighted by Crippen LogP contribution is -2.42. The van der Waals surface area contributed by atoms with Crippen LogP contribution < -0.4 is 5.73 Å². The lowest BCUT2D eigenvalue weighted by Gasteiger charge is -2.29. The van der Waals surface area contributed by atoms with Crippen LogP contribution in [0.1, 0.15) is 162 Å². The third-order valence-corrected chi connectivity index (χ3v) is 7.26. The van der Waals surface area contributed by atoms with E-state index in [4.69, 9.17) is 5.73 Å². The molecular formula is C30H62N2O2. The summed E-state index contributed by atoms with van der Waals surface area (Å²) in [6.07, 6.45) is 29.0. The topological polar surface area (TPSA) is 66.6 Å². The number of rotatable bonds is 28. The van der Waals surface area contributed by atoms with E-state index < -0.39 is 5.97 Å². The van der Waals surface area contributed by atoms with E-state index in [2.05, 4.69) is 18.7 Å². The average molecular weight is 483 g/mol. The Balaban J connectivity index is 4.18. The number of hydrogen-bond donors (Lipinski definition) is 2. The largest absolute Gasteiger partial charge is 0.480 e. The first-order valence-corrected chi connectivity index (χ1v) is 15.3. The van der Waals surface area contributed by atoms with Crippen LogP contribution in [-0.2, 0) is 4.79 Å². The average Bonchev–Trinajstić information content (AvgIpc) is 2.83. The number of nitrogens with zero attached hydrogens (tertiary/aromatic N) is 1. The summed E-state index contributed by atoms with van der Waals surface area (Å²) in [6, 6.07) is -0.330. The molecule has 0 radical (unpaired) electrons. The maximum absolute atomic E-state index is 12.0. The van der Waals surface area contributed by atoms with E-state index in [9.17, 15) is 9.90 Å². The van der Waals surface area contributed by atoms with Crippen LogP contribution in [0.3, 0.4) is 0 Å². The van der Waals surface area contributed by atoms with Crippen LogP contribution in [0.4, 0.5) is 0 Å². The van der Waals surface area contributed by atoms with Crippen LogP contribution in [0.15, 0.2) is 0 Å². The summed E-state index contributed by atoms with van der Waals surface area (Å²) >= 11 is 0. The van der Waals surface area contributed by atoms with Gasteiger partial charge in [0.25, 0.3) is 0 Å². The lowest BCUT2D eigenvalue weighted by atomic mass is 10.0. The Morgan fingerprint density at radius 1 is 0.588 bits per heavy atom. The van der Waals surface area contributed by atoms with Crippen molar-refractivity contribution in [1.82, 2.24) is 4.90 Å². The van der Waals surface area contributed by atoms with E-state index in [1.807, 2.05) is 0 Å². The lowest BCUT2D eigenvalue weighted by molar-refractivity contribution is -0.143. The molecule has 3 N–H and O–H groups in total. The predicted octanol–water partition coefficient (Wildman–Crippen LogP) is 8.71. The Morgan fingerprint density at radius 3 is 1.26 bits per heavy atom. The SMILES string of the molecule is CCCCCCCCCCCCN(CCCCCCCCCCCC)C(CCCCN)C(=O)O. The molecule has 0 heterocycles. The minimum Gasteiger partial charge on any atom is -0.480 e. The first-order valence-electron chi connectivity index (χ1n) is 15.3. The standard InChI is InChI=1S/C30H62N2O2/c1-3-5-7-9-11-13-15-17-19-23-27-32(29(30(33)34)25-21-22-26-31)28-24-20-18-16-14-12-10-8-6-4-2/h29H,3-28,31H2,1-2H3,(H,33,34). The number of carboxylic acid groups (broad SMARTS) is 1. The molecule has 4 nitrogen and oxygen atoms in total. The highest BCUT2D eigenvalue weighted by Gasteiger charge is 2.24. The molecule has 0 aliphatic rings. The van der Waals surface area contributed by atoms with Crippen molar-refractivity contribution in [3.8, 4) is 0 Å². The van der Waals surface area contributed by atoms with Gasteiger partial charge in [0.05, 0.1) is 0 Å². The van der Waals surface area contributed by atoms with Gasteiger partial charge in [0.15, 0.2) is 0 Å². The van der Waals surface area contributed by atoms with Crippen LogP contribution in [0.5, 0.6) is 0 Å². The molecule has 0 aromatic rings. The van der Waals surface area contributed by atoms with Crippen LogP contribution in [0.25, 0.3) is 0 Å². The zero-order chi connectivity index (χ0) is 25.1. The Morgan fingerprint density at radius 2 is 0.941 bits per heavy atom. The molecule has 0 fully saturated rings. The van der Waals surface area contributed by atoms with Gasteiger partial charge in [0, 0.05) is 0 Å². The monoisotopic (exact) mass is 482 g/mol. The van der Waals surface area contributed by atoms with Crippen LogP contribution in [-0.4, -0.2) is 41.7 Å². The highest BCUT2D eigenvalue weighted by atomic mass is 16.4. The number of carboxylic acids is 1. The number of unbranched alkanes of at least 4 members (excludes halogenated alkanes) is 19. The third-order valence-electron chi connectivity index (χ3n) is 7.26. The second kappa shape index (κ2) is 27.0. The van der Waals surface area contributed by atoms with Gasteiger partial charge in [-0.15, -0.1) is 0 Å². The second-order valence-corrected chi connectivity index (χ2v) is 10.5. The molecule has 0 spiro atoms. The van der Waals surface area contributed by atoms with E-state index in [1.165, 1.54) is 116 Å². The zero-order valence-electron chi connectivity index (χ0n) is 23.3. The summed E-state index contributed by atoms with van der Waals surface area (Å²) in [7, 11) is 0. The van der Waals surface area contributed by atoms with Gasteiger partial charge in [-0.3, -0.25) is 9.69 Å². The van der Waals surface area contributed by atoms with Crippen molar-refractivity contribution >= 4 is 5.97 Å². The van der Waals surface area contributed by atoms with E-state index in [0.717, 1.165) is 45.2 Å². The molecule has 4 heteroatoms. The number of nitrogens with two attached hydrogens (primary N) is 1. The number of hydrogen-bond acceptors (Lipinski definition) is 3. The first-order chi connectivity index (χ1) is 16.7. The highest BCUT2D eigenvalue weighted by molar-refractivity contribution is 5.73. The molecule has 0 amide bonds. The summed E-state index contributed by atoms with van der Waals surface area (Å²) in [5.74, 6) is -0.642. The van der Waals surface area contributed by atoms with Gasteiger partial charge in [0.1, 0.15) is 6.04 Å². The normalized spacial score (nSPS) is 12.5. The van der Waals surface area contributed by atoms with Crippen molar-refractivity contribution in [2.24, 2.45) is 5.73 Å². The maximum Gasteiger partial charge on any atom is 0.320 e. The minimum atomic E-state index is -0.642. The number of aliphatic carboxylic acids is 1. The van der Waals surface area contributed by atoms with Crippen molar-refractivity contribution < 1.29 is 9.90 Å². The Labute approximate surface area is 213 Å². The van der Waals surface area contributed by atoms with Gasteiger partial charge in [-0.25, -0.2) is 0 Å². The van der Waals surface area contributed by atoms with Crippen molar-refractivity contribution in [2.75, 3.05) is 19.6 Å². The van der Waals surface area contributed by atoms with E-state index >= 15 is 0 Å². The summed E-state index contributed by atoms with van der Waals surface area (Å²) in [5.41, 5.74) is 5.65. The number of carbonyl (C=O) groups is 1. The van der Waals surface area contributed by atoms with Gasteiger partial charge in [0.2, 0.25) is 0 Å². The fraction of sp³-hybridized carbons (Fsp3) is 0.967. The molecule has 0 aliphatic carbocycles. The van der Waals surface area contributed by atoms with Gasteiger partial charge < -0.3 is 10.8 Å². The fourth-order valence-corrected chi connectivity index (χ4v) is 4.97. The van der Waals surface area contributed by atoms with Gasteiger partial charge >= 0.3 is 5.97 Å². The van der Waals surface area contributed by atoms with Crippen LogP contribution >= 0.6 is 0 Å². The molecule has 1 atom stereocenters. The molecule has 1 unspecified atom stereocenters. The molecule has 204 valence electrons. The molecule has 34 heavy (non-hydrogen) atoms. The van der Waals surface area contributed by atoms with E-state index in [0.29, 0.717) is 6.54 Å². The molecule has 0 saturated heterocycles. The van der Waals surface area contributed by atoms with Crippen molar-refractivity contribution in [1.29, 1.82) is 0 Å². The van der Waals surface area contributed by atoms with Crippen LogP contribution in [0.2, 0.25) is 0 Å². The summed E-state index contributed by atoms with van der Waals surface area (Å²) in [4.78, 5) is 14.3. The first kappa shape index (κ1) is 33.4. The Kier molecular flexibility index (Phi) is 26.5. The molecule has 0 saturated carbocycles. The van der Waals surface area contributed by atoms with Gasteiger partial charge in [-0.2, -0.15) is 0 Å². The van der Waals surface area contributed by atoms with Crippen LogP contribution in [0, 0.1) is 0 Å². The quantitative estimate of drug-likeness (QED) is 0.109. The highest BCUT2D eigenvalue weighted by Crippen LogP contribution is 2.16. The van der Waals surface area contributed by atoms with E-state index in [1.54, 1.807) is 0 Å². The van der Waals surface area contributed by atoms with Gasteiger partial charge in [-0.05, 0) is 45.3 Å². The van der Waals surface area contributed by atoms with Crippen molar-refractivity contribution in [2.45, 2.75) is 168 Å². The second-order valence-electron chi connectivity index (χ2n) is 10.5. The third kappa shape index (κ3) is 21.9. The minimum absolute atomic E-state index is 0.330. The molecular weight excluding hydrogens is 420 g/mol. The predicted molar refractivity (Wildman–Crippen MR) is 150 cm³/mol. The summed E-state index contributed by atoms with van der Waals surface area (Å²) < 4.78 is 0. The van der Waals surface area contributed by atoms with E-state index in [-0.39, 0.29) is 6.04 Å². The molecule has 0 bridgehead atoms. The molecule has 0 aromatic carbocycles. The Bertz CT molecular complexity index is 393. The summed E-state index contributed by atoms with van der Waals surface area (Å²) in [6.45, 7) is 7.07. The van der Waals surface area contributed by atoms with Crippen molar-refractivity contribution in [3.05, 3.63) is 0 Å². The fourth-order valence-electron chi connectivity index (χ4n) is 4.97. The Hall–Kier alpha value is -0.610. The summed E-state index contributed by atoms with van der Waals surface area (Å²) in [5, 5.41) is 9.89. The zero-order valence-corrected chi connectivity index (χ0v) is 23.3. The molecule has 0 aromatic heterocycles. The molecule has 0 rings (SSSR count). The smallest absolute Gasteiger partial charge is 0.320 e. The molecule has 0 aliphatic heterocycles.